The van der Waals surface area contributed by atoms with Gasteiger partial charge >= 0.3 is 0 Å². The number of phenolic OH excluding ortho intramolecular Hbond substituents is 1. The topological polar surface area (TPSA) is 66.4 Å². The van der Waals surface area contributed by atoms with E-state index in [1.54, 1.807) is 48.5 Å². The van der Waals surface area contributed by atoms with Crippen LogP contribution < -0.4 is 4.72 Å². The van der Waals surface area contributed by atoms with Crippen LogP contribution >= 0.6 is 0 Å². The fourth-order valence-corrected chi connectivity index (χ4v) is 4.31. The number of hydrogen-bond donors (Lipinski definition) is 2. The first-order valence-electron chi connectivity index (χ1n) is 7.77. The molecule has 0 aliphatic carbocycles. The maximum atomic E-state index is 13.0. The van der Waals surface area contributed by atoms with Crippen LogP contribution in [0, 0.1) is 0 Å². The van der Waals surface area contributed by atoms with Crippen LogP contribution in [0.2, 0.25) is 0 Å². The molecule has 124 valence electrons. The number of rotatable bonds is 3. The minimum Gasteiger partial charge on any atom is -0.507 e. The summed E-state index contributed by atoms with van der Waals surface area (Å²) in [6, 6.07) is 22.7. The Kier molecular flexibility index (Phi) is 3.58. The fraction of sp³-hybridized carbons (Fsp3) is 0. The van der Waals surface area contributed by atoms with Crippen molar-refractivity contribution in [2.45, 2.75) is 4.90 Å². The lowest BCUT2D eigenvalue weighted by atomic mass is 10.1. The molecule has 0 bridgehead atoms. The highest BCUT2D eigenvalue weighted by Gasteiger charge is 2.18. The van der Waals surface area contributed by atoms with E-state index in [1.165, 1.54) is 6.07 Å². The smallest absolute Gasteiger partial charge is 0.262 e. The maximum Gasteiger partial charge on any atom is 0.262 e. The van der Waals surface area contributed by atoms with Crippen LogP contribution in [-0.2, 0) is 10.0 Å². The molecule has 2 N–H and O–H groups in total. The van der Waals surface area contributed by atoms with Crippen LogP contribution in [0.1, 0.15) is 0 Å². The predicted molar refractivity (Wildman–Crippen MR) is 100 cm³/mol. The van der Waals surface area contributed by atoms with Gasteiger partial charge in [-0.15, -0.1) is 0 Å². The van der Waals surface area contributed by atoms with Gasteiger partial charge in [0.25, 0.3) is 10.0 Å². The Labute approximate surface area is 145 Å². The summed E-state index contributed by atoms with van der Waals surface area (Å²) in [7, 11) is -3.78. The van der Waals surface area contributed by atoms with E-state index in [1.807, 2.05) is 24.3 Å². The van der Waals surface area contributed by atoms with Crippen LogP contribution in [-0.4, -0.2) is 13.5 Å². The molecule has 4 aromatic carbocycles. The molecule has 0 aliphatic heterocycles. The van der Waals surface area contributed by atoms with Crippen molar-refractivity contribution in [3.05, 3.63) is 78.9 Å². The van der Waals surface area contributed by atoms with Crippen molar-refractivity contribution in [1.29, 1.82) is 0 Å². The zero-order valence-electron chi connectivity index (χ0n) is 13.2. The second kappa shape index (κ2) is 5.79. The molecule has 0 radical (unpaired) electrons. The number of fused-ring (bicyclic) bond motifs is 2. The van der Waals surface area contributed by atoms with Crippen LogP contribution in [0.15, 0.2) is 83.8 Å². The molecule has 4 rings (SSSR count). The highest BCUT2D eigenvalue weighted by atomic mass is 32.2. The first-order valence-corrected chi connectivity index (χ1v) is 9.26. The quantitative estimate of drug-likeness (QED) is 0.535. The lowest BCUT2D eigenvalue weighted by molar-refractivity contribution is 0.481. The van der Waals surface area contributed by atoms with Crippen LogP contribution in [0.5, 0.6) is 5.75 Å². The highest BCUT2D eigenvalue weighted by molar-refractivity contribution is 7.93. The van der Waals surface area contributed by atoms with Crippen LogP contribution in [0.4, 0.5) is 5.69 Å². The van der Waals surface area contributed by atoms with Crippen molar-refractivity contribution < 1.29 is 13.5 Å². The third kappa shape index (κ3) is 2.68. The Morgan fingerprint density at radius 3 is 2.12 bits per heavy atom. The predicted octanol–water partition coefficient (Wildman–Crippen LogP) is 4.50. The normalized spacial score (nSPS) is 11.7. The van der Waals surface area contributed by atoms with Crippen molar-refractivity contribution in [2.75, 3.05) is 4.72 Å². The summed E-state index contributed by atoms with van der Waals surface area (Å²) in [5.74, 6) is 0.115. The first-order chi connectivity index (χ1) is 12.1. The number of nitrogens with one attached hydrogen (secondary N) is 1. The van der Waals surface area contributed by atoms with E-state index in [9.17, 15) is 13.5 Å². The van der Waals surface area contributed by atoms with Gasteiger partial charge in [0, 0.05) is 16.2 Å². The molecule has 25 heavy (non-hydrogen) atoms. The Bertz CT molecular complexity index is 1190. The Balaban J connectivity index is 1.87. The monoisotopic (exact) mass is 349 g/mol. The minimum absolute atomic E-state index is 0.115. The largest absolute Gasteiger partial charge is 0.507 e. The van der Waals surface area contributed by atoms with Crippen molar-refractivity contribution in [1.82, 2.24) is 0 Å². The Morgan fingerprint density at radius 2 is 1.32 bits per heavy atom. The second-order valence-corrected chi connectivity index (χ2v) is 7.41. The molecule has 0 unspecified atom stereocenters. The summed E-state index contributed by atoms with van der Waals surface area (Å²) in [6.07, 6.45) is 0. The average molecular weight is 349 g/mol. The molecule has 0 saturated carbocycles. The molecule has 0 atom stereocenters. The summed E-state index contributed by atoms with van der Waals surface area (Å²) >= 11 is 0. The van der Waals surface area contributed by atoms with Crippen molar-refractivity contribution in [3.8, 4) is 5.75 Å². The molecule has 0 saturated heterocycles. The van der Waals surface area contributed by atoms with Gasteiger partial charge in [0.2, 0.25) is 0 Å². The Morgan fingerprint density at radius 1 is 0.680 bits per heavy atom. The summed E-state index contributed by atoms with van der Waals surface area (Å²) in [5, 5.41) is 12.7. The van der Waals surface area contributed by atoms with E-state index < -0.39 is 10.0 Å². The second-order valence-electron chi connectivity index (χ2n) is 5.76. The van der Waals surface area contributed by atoms with Gasteiger partial charge in [-0.3, -0.25) is 4.72 Å². The fourth-order valence-electron chi connectivity index (χ4n) is 3.00. The van der Waals surface area contributed by atoms with Crippen molar-refractivity contribution >= 4 is 37.3 Å². The van der Waals surface area contributed by atoms with Gasteiger partial charge in [0.1, 0.15) is 5.75 Å². The lowest BCUT2D eigenvalue weighted by Crippen LogP contribution is -2.13. The van der Waals surface area contributed by atoms with Gasteiger partial charge in [-0.05, 0) is 23.6 Å². The van der Waals surface area contributed by atoms with E-state index in [0.717, 1.165) is 5.39 Å². The van der Waals surface area contributed by atoms with Gasteiger partial charge < -0.3 is 5.11 Å². The molecule has 0 aromatic heterocycles. The standard InChI is InChI=1S/C20H15NO3S/c22-19-13-12-18(16-9-3-4-10-17(16)19)21-25(23,24)20-11-5-7-14-6-1-2-8-15(14)20/h1-13,21-22H. The van der Waals surface area contributed by atoms with Gasteiger partial charge in [-0.1, -0.05) is 60.7 Å². The zero-order valence-corrected chi connectivity index (χ0v) is 14.0. The number of hydrogen-bond acceptors (Lipinski definition) is 3. The van der Waals surface area contributed by atoms with Crippen molar-refractivity contribution in [2.24, 2.45) is 0 Å². The number of anilines is 1. The summed E-state index contributed by atoms with van der Waals surface area (Å²) in [4.78, 5) is 0.225. The zero-order chi connectivity index (χ0) is 17.4. The van der Waals surface area contributed by atoms with Crippen molar-refractivity contribution in [3.63, 3.8) is 0 Å². The third-order valence-corrected chi connectivity index (χ3v) is 5.61. The van der Waals surface area contributed by atoms with Crippen LogP contribution in [0.25, 0.3) is 21.5 Å². The number of phenols is 1. The SMILES string of the molecule is O=S(=O)(Nc1ccc(O)c2ccccc12)c1cccc2ccccc12. The molecular formula is C20H15NO3S. The number of aromatic hydroxyl groups is 1. The molecular weight excluding hydrogens is 334 g/mol. The van der Waals surface area contributed by atoms with Gasteiger partial charge in [0.05, 0.1) is 10.6 Å². The molecule has 0 heterocycles. The summed E-state index contributed by atoms with van der Waals surface area (Å²) < 4.78 is 28.6. The summed E-state index contributed by atoms with van der Waals surface area (Å²) in [5.41, 5.74) is 0.432. The number of benzene rings is 4. The van der Waals surface area contributed by atoms with E-state index in [0.29, 0.717) is 21.8 Å². The lowest BCUT2D eigenvalue weighted by Gasteiger charge is -2.13. The molecule has 4 nitrogen and oxygen atoms in total. The van der Waals surface area contributed by atoms with Gasteiger partial charge in [-0.25, -0.2) is 8.42 Å². The van der Waals surface area contributed by atoms with Crippen LogP contribution in [0.3, 0.4) is 0 Å². The average Bonchev–Trinajstić information content (AvgIpc) is 2.64. The number of sulfonamides is 1. The maximum absolute atomic E-state index is 13.0. The van der Waals surface area contributed by atoms with E-state index in [2.05, 4.69) is 4.72 Å². The Hall–Kier alpha value is -3.05. The molecule has 5 heteroatoms. The molecule has 0 fully saturated rings. The molecule has 0 spiro atoms. The van der Waals surface area contributed by atoms with Gasteiger partial charge in [0.15, 0.2) is 0 Å². The molecule has 0 aliphatic rings. The van der Waals surface area contributed by atoms with Gasteiger partial charge in [-0.2, -0.15) is 0 Å². The van der Waals surface area contributed by atoms with E-state index in [4.69, 9.17) is 0 Å². The summed E-state index contributed by atoms with van der Waals surface area (Å²) in [6.45, 7) is 0. The third-order valence-electron chi connectivity index (χ3n) is 4.18. The first kappa shape index (κ1) is 15.5. The highest BCUT2D eigenvalue weighted by Crippen LogP contribution is 2.32. The molecule has 4 aromatic rings. The molecule has 0 amide bonds. The van der Waals surface area contributed by atoms with E-state index in [-0.39, 0.29) is 10.6 Å². The van der Waals surface area contributed by atoms with E-state index >= 15 is 0 Å². The minimum atomic E-state index is -3.78.